The molecule has 0 aromatic rings. The van der Waals surface area contributed by atoms with Gasteiger partial charge >= 0.3 is 18.1 Å². The lowest BCUT2D eigenvalue weighted by Crippen LogP contribution is -2.57. The normalized spacial score (nSPS) is 37.8. The fraction of sp³-hybridized carbons (Fsp3) is 0.692. The highest BCUT2D eigenvalue weighted by molar-refractivity contribution is 7.88. The lowest BCUT2D eigenvalue weighted by molar-refractivity contribution is -0.176. The Balaban J connectivity index is 1.72. The summed E-state index contributed by atoms with van der Waals surface area (Å²) < 4.78 is 79.9. The molecular formula is C13H13F3O8S. The smallest absolute Gasteiger partial charge is 0.413 e. The van der Waals surface area contributed by atoms with Crippen molar-refractivity contribution in [1.29, 1.82) is 0 Å². The van der Waals surface area contributed by atoms with Crippen LogP contribution < -0.4 is 0 Å². The van der Waals surface area contributed by atoms with Gasteiger partial charge in [-0.05, 0) is 6.92 Å². The van der Waals surface area contributed by atoms with E-state index in [4.69, 9.17) is 9.47 Å². The fourth-order valence-electron chi connectivity index (χ4n) is 3.26. The van der Waals surface area contributed by atoms with E-state index in [1.54, 1.807) is 0 Å². The molecule has 3 rings (SSSR count). The molecule has 3 heterocycles. The molecule has 2 bridgehead atoms. The molecule has 0 saturated carbocycles. The van der Waals surface area contributed by atoms with Gasteiger partial charge in [0.25, 0.3) is 10.1 Å². The van der Waals surface area contributed by atoms with Crippen LogP contribution in [0, 0.1) is 0 Å². The molecule has 0 amide bonds. The van der Waals surface area contributed by atoms with Crippen LogP contribution in [0.1, 0.15) is 13.3 Å². The summed E-state index contributed by atoms with van der Waals surface area (Å²) in [6, 6.07) is 0. The summed E-state index contributed by atoms with van der Waals surface area (Å²) in [5.41, 5.74) is 0.0382. The third-order valence-corrected chi connectivity index (χ3v) is 6.37. The Morgan fingerprint density at radius 1 is 1.36 bits per heavy atom. The van der Waals surface area contributed by atoms with E-state index in [1.165, 1.54) is 6.92 Å². The van der Waals surface area contributed by atoms with Gasteiger partial charge in [-0.2, -0.15) is 21.6 Å². The minimum Gasteiger partial charge on any atom is -0.454 e. The largest absolute Gasteiger partial charge is 0.454 e. The van der Waals surface area contributed by atoms with Crippen molar-refractivity contribution in [3.63, 3.8) is 0 Å². The maximum absolute atomic E-state index is 13.4. The number of carbonyl (C=O) groups is 2. The Kier molecular flexibility index (Phi) is 3.93. The van der Waals surface area contributed by atoms with Gasteiger partial charge in [0.1, 0.15) is 12.2 Å². The molecule has 0 radical (unpaired) electrons. The van der Waals surface area contributed by atoms with Crippen LogP contribution in [0.4, 0.5) is 13.2 Å². The average Bonchev–Trinajstić information content (AvgIpc) is 3.05. The molecule has 25 heavy (non-hydrogen) atoms. The van der Waals surface area contributed by atoms with Crippen LogP contribution in [0.2, 0.25) is 0 Å². The molecule has 0 spiro atoms. The fourth-order valence-corrected chi connectivity index (χ4v) is 5.06. The summed E-state index contributed by atoms with van der Waals surface area (Å²) >= 11 is 0. The Morgan fingerprint density at radius 2 is 2.00 bits per heavy atom. The van der Waals surface area contributed by atoms with Gasteiger partial charge in [-0.1, -0.05) is 6.58 Å². The van der Waals surface area contributed by atoms with Crippen LogP contribution >= 0.6 is 0 Å². The van der Waals surface area contributed by atoms with Crippen molar-refractivity contribution in [1.82, 2.24) is 0 Å². The molecule has 12 heteroatoms. The van der Waals surface area contributed by atoms with Crippen LogP contribution in [0.25, 0.3) is 0 Å². The molecule has 8 nitrogen and oxygen atoms in total. The summed E-state index contributed by atoms with van der Waals surface area (Å²) in [7, 11) is -4.99. The van der Waals surface area contributed by atoms with Crippen LogP contribution in [-0.2, 0) is 38.1 Å². The van der Waals surface area contributed by atoms with Gasteiger partial charge in [-0.15, -0.1) is 0 Å². The monoisotopic (exact) mass is 386 g/mol. The Bertz CT molecular complexity index is 745. The van der Waals surface area contributed by atoms with Crippen LogP contribution in [-0.4, -0.2) is 62.3 Å². The van der Waals surface area contributed by atoms with Crippen molar-refractivity contribution in [3.8, 4) is 0 Å². The summed E-state index contributed by atoms with van der Waals surface area (Å²) in [4.78, 5) is 22.9. The number of fused-ring (bicyclic) bond motifs is 1. The van der Waals surface area contributed by atoms with Crippen molar-refractivity contribution in [2.24, 2.45) is 0 Å². The zero-order chi connectivity index (χ0) is 18.8. The number of carbonyl (C=O) groups excluding carboxylic acids is 2. The molecule has 5 unspecified atom stereocenters. The predicted molar refractivity (Wildman–Crippen MR) is 71.5 cm³/mol. The minimum atomic E-state index is -5.09. The highest BCUT2D eigenvalue weighted by atomic mass is 32.2. The number of rotatable bonds is 4. The van der Waals surface area contributed by atoms with Crippen molar-refractivity contribution in [3.05, 3.63) is 12.2 Å². The second-order valence-corrected chi connectivity index (χ2v) is 7.84. The second-order valence-electron chi connectivity index (χ2n) is 6.01. The minimum absolute atomic E-state index is 0.0382. The molecule has 0 aliphatic carbocycles. The Labute approximate surface area is 140 Å². The van der Waals surface area contributed by atoms with Crippen molar-refractivity contribution in [2.45, 2.75) is 48.7 Å². The van der Waals surface area contributed by atoms with E-state index in [2.05, 4.69) is 15.5 Å². The molecule has 3 aliphatic heterocycles. The van der Waals surface area contributed by atoms with E-state index < -0.39 is 70.4 Å². The average molecular weight is 386 g/mol. The molecule has 0 aromatic carbocycles. The van der Waals surface area contributed by atoms with Crippen LogP contribution in [0.15, 0.2) is 12.2 Å². The van der Waals surface area contributed by atoms with Gasteiger partial charge in [-0.25, -0.2) is 9.59 Å². The van der Waals surface area contributed by atoms with E-state index in [1.807, 2.05) is 0 Å². The van der Waals surface area contributed by atoms with Gasteiger partial charge in [-0.3, -0.25) is 4.18 Å². The summed E-state index contributed by atoms with van der Waals surface area (Å²) in [6.45, 7) is 3.86. The van der Waals surface area contributed by atoms with E-state index >= 15 is 0 Å². The lowest BCUT2D eigenvalue weighted by atomic mass is 9.84. The first-order chi connectivity index (χ1) is 11.4. The molecule has 5 atom stereocenters. The highest BCUT2D eigenvalue weighted by Gasteiger charge is 2.84. The lowest BCUT2D eigenvalue weighted by Gasteiger charge is -2.30. The van der Waals surface area contributed by atoms with Gasteiger partial charge in [0.2, 0.25) is 4.75 Å². The van der Waals surface area contributed by atoms with E-state index in [-0.39, 0.29) is 5.57 Å². The molecule has 3 saturated heterocycles. The predicted octanol–water partition coefficient (Wildman–Crippen LogP) is 0.218. The van der Waals surface area contributed by atoms with E-state index in [0.29, 0.717) is 0 Å². The molecule has 3 aliphatic rings. The third kappa shape index (κ3) is 2.46. The second kappa shape index (κ2) is 5.42. The third-order valence-electron chi connectivity index (χ3n) is 4.37. The first kappa shape index (κ1) is 18.1. The number of halogens is 3. The quantitative estimate of drug-likeness (QED) is 0.384. The zero-order valence-corrected chi connectivity index (χ0v) is 13.6. The van der Waals surface area contributed by atoms with Gasteiger partial charge < -0.3 is 14.2 Å². The van der Waals surface area contributed by atoms with Crippen LogP contribution in [0.3, 0.4) is 0 Å². The molecular weight excluding hydrogens is 373 g/mol. The number of alkyl halides is 3. The first-order valence-electron chi connectivity index (χ1n) is 7.08. The molecule has 0 aromatic heterocycles. The van der Waals surface area contributed by atoms with Crippen molar-refractivity contribution in [2.75, 3.05) is 6.61 Å². The first-order valence-corrected chi connectivity index (χ1v) is 8.48. The van der Waals surface area contributed by atoms with Gasteiger partial charge in [0, 0.05) is 12.0 Å². The zero-order valence-electron chi connectivity index (χ0n) is 12.7. The van der Waals surface area contributed by atoms with Crippen molar-refractivity contribution >= 4 is 22.1 Å². The Hall–Kier alpha value is -1.66. The molecule has 0 N–H and O–H groups in total. The summed E-state index contributed by atoms with van der Waals surface area (Å²) in [5.74, 6) is -1.92. The van der Waals surface area contributed by atoms with Crippen LogP contribution in [0.5, 0.6) is 0 Å². The Morgan fingerprint density at radius 3 is 2.56 bits per heavy atom. The van der Waals surface area contributed by atoms with Gasteiger partial charge in [0.15, 0.2) is 12.7 Å². The summed E-state index contributed by atoms with van der Waals surface area (Å²) in [5, 5.41) is 0. The number of hydrogen-bond donors (Lipinski definition) is 0. The van der Waals surface area contributed by atoms with E-state index in [9.17, 15) is 31.2 Å². The van der Waals surface area contributed by atoms with E-state index in [0.717, 1.165) is 0 Å². The van der Waals surface area contributed by atoms with Crippen molar-refractivity contribution < 1.29 is 49.6 Å². The number of ether oxygens (including phenoxy) is 3. The SMILES string of the molecule is C=C(C)C(=O)OCC(=O)OC1C2CC3(C(F)(F)F)C(O2)C1OS3(=O)=O. The standard InChI is InChI=1S/C13H13F3O8S/c1-5(2)11(18)21-4-7(17)23-8-6-3-12(13(14,15)16)10(22-6)9(8)24-25(12,19)20/h6,8-10H,1,3-4H2,2H3. The maximum atomic E-state index is 13.4. The molecule has 3 fully saturated rings. The molecule has 140 valence electrons. The number of hydrogen-bond acceptors (Lipinski definition) is 8. The number of esters is 2. The maximum Gasteiger partial charge on any atom is 0.413 e. The van der Waals surface area contributed by atoms with Gasteiger partial charge in [0.05, 0.1) is 6.10 Å². The summed E-state index contributed by atoms with van der Waals surface area (Å²) in [6.07, 6.45) is -12.0. The highest BCUT2D eigenvalue weighted by Crippen LogP contribution is 2.60. The topological polar surface area (TPSA) is 105 Å².